The number of nitrogens with zero attached hydrogens (tertiary/aromatic N) is 2. The lowest BCUT2D eigenvalue weighted by Crippen LogP contribution is -2.28. The van der Waals surface area contributed by atoms with Crippen LogP contribution in [0.1, 0.15) is 51.3 Å². The fourth-order valence-corrected chi connectivity index (χ4v) is 2.95. The molecule has 0 bridgehead atoms. The Hall–Kier alpha value is -0.870. The smallest absolute Gasteiger partial charge is 0.0722 e. The lowest BCUT2D eigenvalue weighted by molar-refractivity contribution is 0.131. The molecule has 2 N–H and O–H groups in total. The van der Waals surface area contributed by atoms with Crippen LogP contribution in [-0.4, -0.2) is 27.5 Å². The van der Waals surface area contributed by atoms with Crippen LogP contribution >= 0.6 is 0 Å². The zero-order valence-electron chi connectivity index (χ0n) is 12.6. The molecule has 0 aliphatic heterocycles. The number of hydrogen-bond donors (Lipinski definition) is 2. The SMILES string of the molecule is Cn1cc(CNCC2CCCC2O)c(C(C)(C)C)n1. The largest absolute Gasteiger partial charge is 0.393 e. The van der Waals surface area contributed by atoms with Crippen LogP contribution in [0.2, 0.25) is 0 Å². The van der Waals surface area contributed by atoms with Gasteiger partial charge in [-0.05, 0) is 18.8 Å². The molecule has 1 heterocycles. The summed E-state index contributed by atoms with van der Waals surface area (Å²) in [6.07, 6.45) is 5.26. The number of hydrogen-bond acceptors (Lipinski definition) is 3. The molecule has 1 aliphatic carbocycles. The van der Waals surface area contributed by atoms with E-state index < -0.39 is 0 Å². The van der Waals surface area contributed by atoms with Crippen molar-refractivity contribution in [3.63, 3.8) is 0 Å². The Bertz CT molecular complexity index is 420. The van der Waals surface area contributed by atoms with Crippen LogP contribution in [0.25, 0.3) is 0 Å². The van der Waals surface area contributed by atoms with Crippen LogP contribution in [0.4, 0.5) is 0 Å². The second-order valence-electron chi connectivity index (χ2n) is 6.82. The highest BCUT2D eigenvalue weighted by molar-refractivity contribution is 5.23. The average molecular weight is 265 g/mol. The van der Waals surface area contributed by atoms with Crippen LogP contribution < -0.4 is 5.32 Å². The highest BCUT2D eigenvalue weighted by Gasteiger charge is 2.25. The van der Waals surface area contributed by atoms with Crippen molar-refractivity contribution in [2.75, 3.05) is 6.54 Å². The van der Waals surface area contributed by atoms with Crippen molar-refractivity contribution in [1.82, 2.24) is 15.1 Å². The molecule has 1 aromatic rings. The Morgan fingerprint density at radius 1 is 1.42 bits per heavy atom. The van der Waals surface area contributed by atoms with Crippen molar-refractivity contribution in [1.29, 1.82) is 0 Å². The summed E-state index contributed by atoms with van der Waals surface area (Å²) >= 11 is 0. The first kappa shape index (κ1) is 14.5. The first-order valence-corrected chi connectivity index (χ1v) is 7.29. The van der Waals surface area contributed by atoms with E-state index in [4.69, 9.17) is 0 Å². The van der Waals surface area contributed by atoms with Crippen molar-refractivity contribution < 1.29 is 5.11 Å². The van der Waals surface area contributed by atoms with Crippen molar-refractivity contribution in [2.45, 2.75) is 58.1 Å². The van der Waals surface area contributed by atoms with Crippen molar-refractivity contribution >= 4 is 0 Å². The maximum Gasteiger partial charge on any atom is 0.0722 e. The summed E-state index contributed by atoms with van der Waals surface area (Å²) < 4.78 is 1.89. The maximum atomic E-state index is 9.82. The summed E-state index contributed by atoms with van der Waals surface area (Å²) in [7, 11) is 1.97. The third-order valence-electron chi connectivity index (χ3n) is 3.96. The average Bonchev–Trinajstić information content (AvgIpc) is 2.85. The van der Waals surface area contributed by atoms with Gasteiger partial charge >= 0.3 is 0 Å². The molecule has 1 fully saturated rings. The van der Waals surface area contributed by atoms with Crippen LogP contribution in [0.15, 0.2) is 6.20 Å². The quantitative estimate of drug-likeness (QED) is 0.875. The number of aliphatic hydroxyl groups is 1. The van der Waals surface area contributed by atoms with Gasteiger partial charge in [0.25, 0.3) is 0 Å². The third-order valence-corrected chi connectivity index (χ3v) is 3.96. The predicted molar refractivity (Wildman–Crippen MR) is 77.0 cm³/mol. The van der Waals surface area contributed by atoms with E-state index in [1.807, 2.05) is 11.7 Å². The van der Waals surface area contributed by atoms with Gasteiger partial charge in [0.1, 0.15) is 0 Å². The highest BCUT2D eigenvalue weighted by atomic mass is 16.3. The Labute approximate surface area is 116 Å². The van der Waals surface area contributed by atoms with Gasteiger partial charge in [0.05, 0.1) is 11.8 Å². The molecule has 0 amide bonds. The van der Waals surface area contributed by atoms with Crippen LogP contribution in [0.5, 0.6) is 0 Å². The zero-order chi connectivity index (χ0) is 14.0. The Morgan fingerprint density at radius 3 is 2.74 bits per heavy atom. The minimum Gasteiger partial charge on any atom is -0.393 e. The lowest BCUT2D eigenvalue weighted by atomic mass is 9.89. The van der Waals surface area contributed by atoms with Gasteiger partial charge in [-0.15, -0.1) is 0 Å². The molecule has 0 saturated heterocycles. The molecular weight excluding hydrogens is 238 g/mol. The molecule has 4 heteroatoms. The molecule has 1 aromatic heterocycles. The van der Waals surface area contributed by atoms with Crippen molar-refractivity contribution in [3.05, 3.63) is 17.5 Å². The molecule has 1 saturated carbocycles. The molecule has 1 aliphatic rings. The Kier molecular flexibility index (Phi) is 4.31. The van der Waals surface area contributed by atoms with Gasteiger partial charge in [0, 0.05) is 37.3 Å². The fourth-order valence-electron chi connectivity index (χ4n) is 2.95. The number of aromatic nitrogens is 2. The standard InChI is InChI=1S/C15H27N3O/c1-15(2,3)14-12(10-18(4)17-14)9-16-8-11-6-5-7-13(11)19/h10-11,13,16,19H,5-9H2,1-4H3. The molecule has 4 nitrogen and oxygen atoms in total. The molecule has 0 spiro atoms. The van der Waals surface area contributed by atoms with Gasteiger partial charge in [-0.25, -0.2) is 0 Å². The van der Waals surface area contributed by atoms with E-state index in [1.165, 1.54) is 5.56 Å². The molecule has 0 aromatic carbocycles. The number of rotatable bonds is 4. The lowest BCUT2D eigenvalue weighted by Gasteiger charge is -2.19. The summed E-state index contributed by atoms with van der Waals surface area (Å²) in [6.45, 7) is 8.32. The first-order valence-electron chi connectivity index (χ1n) is 7.29. The molecule has 108 valence electrons. The zero-order valence-corrected chi connectivity index (χ0v) is 12.6. The van der Waals surface area contributed by atoms with E-state index in [1.54, 1.807) is 0 Å². The van der Waals surface area contributed by atoms with Gasteiger partial charge in [0.2, 0.25) is 0 Å². The second kappa shape index (κ2) is 5.63. The topological polar surface area (TPSA) is 50.1 Å². The molecule has 2 atom stereocenters. The molecular formula is C15H27N3O. The molecule has 2 rings (SSSR count). The highest BCUT2D eigenvalue weighted by Crippen LogP contribution is 2.26. The molecule has 2 unspecified atom stereocenters. The van der Waals surface area contributed by atoms with Crippen LogP contribution in [0, 0.1) is 5.92 Å². The first-order chi connectivity index (χ1) is 8.88. The maximum absolute atomic E-state index is 9.82. The third kappa shape index (κ3) is 3.57. The number of aryl methyl sites for hydroxylation is 1. The van der Waals surface area contributed by atoms with Crippen LogP contribution in [0.3, 0.4) is 0 Å². The summed E-state index contributed by atoms with van der Waals surface area (Å²) in [4.78, 5) is 0. The van der Waals surface area contributed by atoms with E-state index in [9.17, 15) is 5.11 Å². The Balaban J connectivity index is 1.92. The fraction of sp³-hybridized carbons (Fsp3) is 0.800. The minimum absolute atomic E-state index is 0.0745. The Morgan fingerprint density at radius 2 is 2.16 bits per heavy atom. The van der Waals surface area contributed by atoms with E-state index in [0.717, 1.165) is 38.0 Å². The second-order valence-corrected chi connectivity index (χ2v) is 6.82. The van der Waals surface area contributed by atoms with E-state index in [2.05, 4.69) is 37.4 Å². The monoisotopic (exact) mass is 265 g/mol. The van der Waals surface area contributed by atoms with Crippen molar-refractivity contribution in [3.8, 4) is 0 Å². The summed E-state index contributed by atoms with van der Waals surface area (Å²) in [5.41, 5.74) is 2.50. The number of aliphatic hydroxyl groups excluding tert-OH is 1. The summed E-state index contributed by atoms with van der Waals surface area (Å²) in [6, 6.07) is 0. The van der Waals surface area contributed by atoms with E-state index in [-0.39, 0.29) is 11.5 Å². The van der Waals surface area contributed by atoms with Gasteiger partial charge in [0.15, 0.2) is 0 Å². The summed E-state index contributed by atoms with van der Waals surface area (Å²) in [5, 5.41) is 17.9. The van der Waals surface area contributed by atoms with Crippen molar-refractivity contribution in [2.24, 2.45) is 13.0 Å². The minimum atomic E-state index is -0.108. The summed E-state index contributed by atoms with van der Waals surface area (Å²) in [5.74, 6) is 0.426. The molecule has 19 heavy (non-hydrogen) atoms. The van der Waals surface area contributed by atoms with Gasteiger partial charge in [-0.1, -0.05) is 27.2 Å². The van der Waals surface area contributed by atoms with Gasteiger partial charge < -0.3 is 10.4 Å². The van der Waals surface area contributed by atoms with Gasteiger partial charge in [-0.3, -0.25) is 4.68 Å². The normalized spacial score (nSPS) is 24.1. The van der Waals surface area contributed by atoms with E-state index >= 15 is 0 Å². The molecule has 0 radical (unpaired) electrons. The number of nitrogens with one attached hydrogen (secondary N) is 1. The van der Waals surface area contributed by atoms with Gasteiger partial charge in [-0.2, -0.15) is 5.10 Å². The predicted octanol–water partition coefficient (Wildman–Crippen LogP) is 1.97. The van der Waals surface area contributed by atoms with E-state index in [0.29, 0.717) is 5.92 Å². The van der Waals surface area contributed by atoms with Crippen LogP contribution in [-0.2, 0) is 19.0 Å².